The number of phenols is 1. The van der Waals surface area contributed by atoms with Gasteiger partial charge in [-0.05, 0) is 23.8 Å². The van der Waals surface area contributed by atoms with Gasteiger partial charge in [0.05, 0.1) is 5.02 Å². The number of rotatable bonds is 1. The van der Waals surface area contributed by atoms with E-state index in [1.54, 1.807) is 0 Å². The summed E-state index contributed by atoms with van der Waals surface area (Å²) in [6, 6.07) is 2.53. The number of carbonyl (C=O) groups is 2. The third kappa shape index (κ3) is 2.89. The van der Waals surface area contributed by atoms with E-state index in [-0.39, 0.29) is 26.9 Å². The van der Waals surface area contributed by atoms with Crippen molar-refractivity contribution in [2.24, 2.45) is 0 Å². The molecule has 2 rings (SSSR count). The third-order valence-corrected chi connectivity index (χ3v) is 3.11. The van der Waals surface area contributed by atoms with Gasteiger partial charge in [0, 0.05) is 18.9 Å². The number of ether oxygens (including phenoxy) is 2. The SMILES string of the molecule is CC1(C)OC(=O)C(=Cc2cc(O)c(Cl)cc2Cl)C(=O)O1. The number of aromatic hydroxyl groups is 1. The second kappa shape index (κ2) is 5.00. The molecule has 7 heteroatoms. The zero-order chi connectivity index (χ0) is 15.1. The van der Waals surface area contributed by atoms with Crippen molar-refractivity contribution in [3.05, 3.63) is 33.3 Å². The van der Waals surface area contributed by atoms with Gasteiger partial charge in [0.25, 0.3) is 5.79 Å². The first-order chi connectivity index (χ1) is 9.19. The molecule has 1 aliphatic rings. The Morgan fingerprint density at radius 3 is 2.20 bits per heavy atom. The molecule has 0 unspecified atom stereocenters. The maximum Gasteiger partial charge on any atom is 0.348 e. The maximum absolute atomic E-state index is 11.8. The predicted molar refractivity (Wildman–Crippen MR) is 72.4 cm³/mol. The highest BCUT2D eigenvalue weighted by molar-refractivity contribution is 6.36. The minimum atomic E-state index is -1.31. The molecule has 5 nitrogen and oxygen atoms in total. The summed E-state index contributed by atoms with van der Waals surface area (Å²) in [4.78, 5) is 23.5. The van der Waals surface area contributed by atoms with Gasteiger partial charge in [-0.3, -0.25) is 0 Å². The molecule has 1 aromatic rings. The van der Waals surface area contributed by atoms with Crippen molar-refractivity contribution in [3.8, 4) is 5.75 Å². The molecule has 0 aliphatic carbocycles. The van der Waals surface area contributed by atoms with Crippen LogP contribution in [-0.2, 0) is 19.1 Å². The van der Waals surface area contributed by atoms with E-state index in [9.17, 15) is 14.7 Å². The Morgan fingerprint density at radius 2 is 1.65 bits per heavy atom. The lowest BCUT2D eigenvalue weighted by atomic mass is 10.1. The third-order valence-electron chi connectivity index (χ3n) is 2.48. The lowest BCUT2D eigenvalue weighted by Crippen LogP contribution is -2.41. The molecule has 106 valence electrons. The minimum Gasteiger partial charge on any atom is -0.506 e. The van der Waals surface area contributed by atoms with Gasteiger partial charge in [-0.2, -0.15) is 0 Å². The van der Waals surface area contributed by atoms with Crippen LogP contribution in [0.5, 0.6) is 5.75 Å². The molecule has 1 N–H and O–H groups in total. The Hall–Kier alpha value is -1.72. The van der Waals surface area contributed by atoms with Gasteiger partial charge in [0.15, 0.2) is 0 Å². The molecule has 1 saturated heterocycles. The Kier molecular flexibility index (Phi) is 3.67. The molecule has 0 bridgehead atoms. The van der Waals surface area contributed by atoms with Crippen molar-refractivity contribution in [3.63, 3.8) is 0 Å². The van der Waals surface area contributed by atoms with Crippen LogP contribution in [0.2, 0.25) is 10.0 Å². The van der Waals surface area contributed by atoms with Gasteiger partial charge in [-0.15, -0.1) is 0 Å². The van der Waals surface area contributed by atoms with Crippen molar-refractivity contribution < 1.29 is 24.2 Å². The largest absolute Gasteiger partial charge is 0.506 e. The molecule has 0 radical (unpaired) electrons. The number of esters is 2. The lowest BCUT2D eigenvalue weighted by Gasteiger charge is -2.29. The normalized spacial score (nSPS) is 17.5. The highest BCUT2D eigenvalue weighted by Crippen LogP contribution is 2.32. The van der Waals surface area contributed by atoms with Crippen molar-refractivity contribution in [2.75, 3.05) is 0 Å². The molecule has 1 aromatic carbocycles. The fraction of sp³-hybridized carbons (Fsp3) is 0.231. The fourth-order valence-corrected chi connectivity index (χ4v) is 2.04. The summed E-state index contributed by atoms with van der Waals surface area (Å²) in [7, 11) is 0. The van der Waals surface area contributed by atoms with E-state index in [0.717, 1.165) is 0 Å². The van der Waals surface area contributed by atoms with Crippen molar-refractivity contribution >= 4 is 41.2 Å². The van der Waals surface area contributed by atoms with Gasteiger partial charge in [0.2, 0.25) is 0 Å². The summed E-state index contributed by atoms with van der Waals surface area (Å²) in [6.45, 7) is 2.89. The Labute approximate surface area is 124 Å². The second-order valence-electron chi connectivity index (χ2n) is 4.56. The molecule has 0 spiro atoms. The average molecular weight is 317 g/mol. The Morgan fingerprint density at radius 1 is 1.10 bits per heavy atom. The van der Waals surface area contributed by atoms with Crippen LogP contribution in [0.4, 0.5) is 0 Å². The quantitative estimate of drug-likeness (QED) is 0.490. The van der Waals surface area contributed by atoms with E-state index in [1.165, 1.54) is 32.1 Å². The molecule has 0 aromatic heterocycles. The average Bonchev–Trinajstić information content (AvgIpc) is 2.28. The van der Waals surface area contributed by atoms with Gasteiger partial charge < -0.3 is 14.6 Å². The molecule has 0 amide bonds. The van der Waals surface area contributed by atoms with Crippen LogP contribution in [-0.4, -0.2) is 22.8 Å². The van der Waals surface area contributed by atoms with E-state index in [2.05, 4.69) is 0 Å². The topological polar surface area (TPSA) is 72.8 Å². The number of halogens is 2. The first kappa shape index (κ1) is 14.7. The Balaban J connectivity index is 2.43. The van der Waals surface area contributed by atoms with Crippen molar-refractivity contribution in [1.82, 2.24) is 0 Å². The molecule has 1 fully saturated rings. The number of phenolic OH excluding ortho intramolecular Hbond substituents is 1. The molecule has 0 atom stereocenters. The first-order valence-corrected chi connectivity index (χ1v) is 6.31. The standard InChI is InChI=1S/C13H10Cl2O5/c1-13(2)19-11(17)7(12(18)20-13)3-6-4-10(16)9(15)5-8(6)14/h3-5,16H,1-2H3. The summed E-state index contributed by atoms with van der Waals surface area (Å²) in [5, 5.41) is 9.75. The number of benzene rings is 1. The highest BCUT2D eigenvalue weighted by Gasteiger charge is 2.38. The van der Waals surface area contributed by atoms with E-state index in [4.69, 9.17) is 32.7 Å². The maximum atomic E-state index is 11.8. The van der Waals surface area contributed by atoms with Gasteiger partial charge in [-0.25, -0.2) is 9.59 Å². The highest BCUT2D eigenvalue weighted by atomic mass is 35.5. The van der Waals surface area contributed by atoms with E-state index in [0.29, 0.717) is 0 Å². The summed E-state index contributed by atoms with van der Waals surface area (Å²) in [6.07, 6.45) is 1.18. The van der Waals surface area contributed by atoms with Gasteiger partial charge >= 0.3 is 11.9 Å². The molecule has 0 saturated carbocycles. The Bertz CT molecular complexity index is 612. The fourth-order valence-electron chi connectivity index (χ4n) is 1.60. The van der Waals surface area contributed by atoms with Gasteiger partial charge in [-0.1, -0.05) is 23.2 Å². The zero-order valence-electron chi connectivity index (χ0n) is 10.6. The van der Waals surface area contributed by atoms with Gasteiger partial charge in [0.1, 0.15) is 11.3 Å². The van der Waals surface area contributed by atoms with E-state index < -0.39 is 17.7 Å². The summed E-state index contributed by atoms with van der Waals surface area (Å²) in [5.74, 6) is -3.17. The number of hydrogen-bond acceptors (Lipinski definition) is 5. The number of carbonyl (C=O) groups excluding carboxylic acids is 2. The van der Waals surface area contributed by atoms with E-state index in [1.807, 2.05) is 0 Å². The van der Waals surface area contributed by atoms with E-state index >= 15 is 0 Å². The first-order valence-electron chi connectivity index (χ1n) is 5.56. The monoisotopic (exact) mass is 316 g/mol. The number of hydrogen-bond donors (Lipinski definition) is 1. The second-order valence-corrected chi connectivity index (χ2v) is 5.38. The zero-order valence-corrected chi connectivity index (χ0v) is 12.1. The van der Waals surface area contributed by atoms with Crippen molar-refractivity contribution in [1.29, 1.82) is 0 Å². The van der Waals surface area contributed by atoms with Crippen molar-refractivity contribution in [2.45, 2.75) is 19.6 Å². The summed E-state index contributed by atoms with van der Waals surface area (Å²) < 4.78 is 9.88. The minimum absolute atomic E-state index is 0.0621. The molecular formula is C13H10Cl2O5. The van der Waals surface area contributed by atoms with Crippen LogP contribution in [0.25, 0.3) is 6.08 Å². The summed E-state index contributed by atoms with van der Waals surface area (Å²) >= 11 is 11.6. The molecular weight excluding hydrogens is 307 g/mol. The molecule has 20 heavy (non-hydrogen) atoms. The summed E-state index contributed by atoms with van der Waals surface area (Å²) in [5.41, 5.74) is -0.0647. The van der Waals surface area contributed by atoms with Crippen LogP contribution < -0.4 is 0 Å². The lowest BCUT2D eigenvalue weighted by molar-refractivity contribution is -0.222. The predicted octanol–water partition coefficient (Wildman–Crippen LogP) is 2.92. The smallest absolute Gasteiger partial charge is 0.348 e. The van der Waals surface area contributed by atoms with Crippen LogP contribution in [0.3, 0.4) is 0 Å². The van der Waals surface area contributed by atoms with Crippen LogP contribution in [0, 0.1) is 0 Å². The van der Waals surface area contributed by atoms with Crippen LogP contribution >= 0.6 is 23.2 Å². The molecule has 1 aliphatic heterocycles. The van der Waals surface area contributed by atoms with Crippen LogP contribution in [0.1, 0.15) is 19.4 Å². The number of cyclic esters (lactones) is 2. The molecule has 1 heterocycles. The van der Waals surface area contributed by atoms with Crippen LogP contribution in [0.15, 0.2) is 17.7 Å².